The molecule has 0 aromatic rings. The Kier molecular flexibility index (Phi) is 6.11. The van der Waals surface area contributed by atoms with Gasteiger partial charge in [-0.2, -0.15) is 0 Å². The summed E-state index contributed by atoms with van der Waals surface area (Å²) in [4.78, 5) is 61.7. The summed E-state index contributed by atoms with van der Waals surface area (Å²) in [7, 11) is 0. The van der Waals surface area contributed by atoms with Gasteiger partial charge in [0.15, 0.2) is 6.61 Å². The number of urea groups is 1. The van der Waals surface area contributed by atoms with Crippen LogP contribution in [0.2, 0.25) is 0 Å². The van der Waals surface area contributed by atoms with Crippen molar-refractivity contribution in [3.8, 4) is 0 Å². The van der Waals surface area contributed by atoms with E-state index < -0.39 is 42.4 Å². The van der Waals surface area contributed by atoms with Crippen molar-refractivity contribution in [3.05, 3.63) is 12.2 Å². The number of esters is 1. The van der Waals surface area contributed by atoms with Gasteiger partial charge in [-0.1, -0.05) is 25.0 Å². The van der Waals surface area contributed by atoms with E-state index in [9.17, 15) is 24.0 Å². The zero-order chi connectivity index (χ0) is 20.3. The highest BCUT2D eigenvalue weighted by atomic mass is 16.5. The Morgan fingerprint density at radius 2 is 1.68 bits per heavy atom. The number of nitrogens with zero attached hydrogens (tertiary/aromatic N) is 1. The molecule has 2 aliphatic carbocycles. The monoisotopic (exact) mass is 391 g/mol. The van der Waals surface area contributed by atoms with Crippen LogP contribution in [0.4, 0.5) is 4.79 Å². The van der Waals surface area contributed by atoms with Gasteiger partial charge in [0.25, 0.3) is 5.91 Å². The number of hydrogen-bond donors (Lipinski definition) is 2. The first kappa shape index (κ1) is 20.0. The van der Waals surface area contributed by atoms with Crippen LogP contribution >= 0.6 is 0 Å². The Hall–Kier alpha value is -2.71. The van der Waals surface area contributed by atoms with E-state index in [1.807, 2.05) is 12.2 Å². The van der Waals surface area contributed by atoms with E-state index in [1.54, 1.807) is 0 Å². The Labute approximate surface area is 162 Å². The fourth-order valence-electron chi connectivity index (χ4n) is 4.02. The predicted octanol–water partition coefficient (Wildman–Crippen LogP) is 0.638. The number of allylic oxidation sites excluding steroid dienone is 2. The van der Waals surface area contributed by atoms with Crippen LogP contribution in [0.1, 0.15) is 45.4 Å². The molecule has 5 amide bonds. The van der Waals surface area contributed by atoms with Gasteiger partial charge in [-0.15, -0.1) is 0 Å². The Morgan fingerprint density at radius 3 is 2.25 bits per heavy atom. The zero-order valence-electron chi connectivity index (χ0n) is 15.8. The quantitative estimate of drug-likeness (QED) is 0.403. The number of imide groups is 2. The smallest absolute Gasteiger partial charge is 0.329 e. The van der Waals surface area contributed by atoms with Crippen LogP contribution in [0.25, 0.3) is 0 Å². The van der Waals surface area contributed by atoms with Gasteiger partial charge in [0.1, 0.15) is 6.04 Å². The summed E-state index contributed by atoms with van der Waals surface area (Å²) >= 11 is 0. The molecule has 9 nitrogen and oxygen atoms in total. The van der Waals surface area contributed by atoms with E-state index in [-0.39, 0.29) is 17.9 Å². The lowest BCUT2D eigenvalue weighted by Gasteiger charge is -2.21. The molecule has 3 atom stereocenters. The van der Waals surface area contributed by atoms with Gasteiger partial charge in [-0.05, 0) is 32.6 Å². The second-order valence-corrected chi connectivity index (χ2v) is 7.49. The number of likely N-dealkylation sites (tertiary alicyclic amines) is 1. The fourth-order valence-corrected chi connectivity index (χ4v) is 4.02. The summed E-state index contributed by atoms with van der Waals surface area (Å²) in [5.74, 6) is -3.27. The van der Waals surface area contributed by atoms with Crippen molar-refractivity contribution < 1.29 is 28.7 Å². The molecule has 1 saturated carbocycles. The number of carbonyl (C=O) groups excluding carboxylic acids is 5. The fraction of sp³-hybridized carbons (Fsp3) is 0.632. The largest absolute Gasteiger partial charge is 0.454 e. The number of carbonyl (C=O) groups is 5. The number of nitrogens with one attached hydrogen (secondary N) is 2. The zero-order valence-corrected chi connectivity index (χ0v) is 15.8. The van der Waals surface area contributed by atoms with E-state index in [0.717, 1.165) is 30.6 Å². The third kappa shape index (κ3) is 4.23. The molecule has 9 heteroatoms. The van der Waals surface area contributed by atoms with Gasteiger partial charge < -0.3 is 10.1 Å². The molecule has 0 aromatic heterocycles. The molecule has 0 unspecified atom stereocenters. The number of ether oxygens (including phenoxy) is 1. The summed E-state index contributed by atoms with van der Waals surface area (Å²) in [5, 5.41) is 4.80. The molecule has 0 radical (unpaired) electrons. The number of amides is 5. The Balaban J connectivity index is 1.46. The van der Waals surface area contributed by atoms with Gasteiger partial charge in [0.2, 0.25) is 11.8 Å². The molecule has 1 heterocycles. The minimum atomic E-state index is -1.12. The van der Waals surface area contributed by atoms with Gasteiger partial charge in [0, 0.05) is 6.04 Å². The van der Waals surface area contributed by atoms with Crippen LogP contribution in [0.5, 0.6) is 0 Å². The molecular weight excluding hydrogens is 366 g/mol. The van der Waals surface area contributed by atoms with Crippen molar-refractivity contribution in [3.63, 3.8) is 0 Å². The molecule has 0 spiro atoms. The topological polar surface area (TPSA) is 122 Å². The summed E-state index contributed by atoms with van der Waals surface area (Å²) in [6.07, 6.45) is 8.52. The summed E-state index contributed by atoms with van der Waals surface area (Å²) in [6, 6.07) is -1.69. The minimum Gasteiger partial charge on any atom is -0.454 e. The first-order valence-corrected chi connectivity index (χ1v) is 9.67. The van der Waals surface area contributed by atoms with E-state index in [2.05, 4.69) is 10.6 Å². The minimum absolute atomic E-state index is 0.0561. The van der Waals surface area contributed by atoms with E-state index in [0.29, 0.717) is 12.8 Å². The van der Waals surface area contributed by atoms with Crippen LogP contribution < -0.4 is 10.6 Å². The first-order valence-electron chi connectivity index (χ1n) is 9.67. The molecule has 1 saturated heterocycles. The van der Waals surface area contributed by atoms with Crippen molar-refractivity contribution in [1.29, 1.82) is 0 Å². The third-order valence-electron chi connectivity index (χ3n) is 5.56. The lowest BCUT2D eigenvalue weighted by molar-refractivity contribution is -0.159. The SMILES string of the molecule is C[C@@H](C(=O)OCC(=O)NC(=O)NC1CCCC1)N1C(=O)[C@H]2CC=CC[C@@H]2C1=O. The summed E-state index contributed by atoms with van der Waals surface area (Å²) < 4.78 is 4.91. The van der Waals surface area contributed by atoms with Crippen LogP contribution in [0.3, 0.4) is 0 Å². The van der Waals surface area contributed by atoms with Gasteiger partial charge in [-0.25, -0.2) is 9.59 Å². The first-order chi connectivity index (χ1) is 13.4. The van der Waals surface area contributed by atoms with E-state index >= 15 is 0 Å². The van der Waals surface area contributed by atoms with Gasteiger partial charge in [-0.3, -0.25) is 24.6 Å². The lowest BCUT2D eigenvalue weighted by atomic mass is 9.85. The predicted molar refractivity (Wildman–Crippen MR) is 96.6 cm³/mol. The highest BCUT2D eigenvalue weighted by molar-refractivity contribution is 6.08. The lowest BCUT2D eigenvalue weighted by Crippen LogP contribution is -2.47. The summed E-state index contributed by atoms with van der Waals surface area (Å²) in [5.41, 5.74) is 0. The maximum atomic E-state index is 12.5. The molecule has 0 aromatic carbocycles. The number of hydrogen-bond acceptors (Lipinski definition) is 6. The van der Waals surface area contributed by atoms with Crippen LogP contribution in [-0.4, -0.2) is 53.3 Å². The normalized spacial score (nSPS) is 25.4. The van der Waals surface area contributed by atoms with Crippen LogP contribution in [0, 0.1) is 11.8 Å². The van der Waals surface area contributed by atoms with Gasteiger partial charge >= 0.3 is 12.0 Å². The molecular formula is C19H25N3O6. The second kappa shape index (κ2) is 8.53. The highest BCUT2D eigenvalue weighted by Gasteiger charge is 2.50. The average Bonchev–Trinajstić information content (AvgIpc) is 3.26. The molecule has 1 aliphatic heterocycles. The molecule has 0 bridgehead atoms. The Morgan fingerprint density at radius 1 is 1.11 bits per heavy atom. The molecule has 3 aliphatic rings. The molecule has 3 rings (SSSR count). The van der Waals surface area contributed by atoms with Crippen LogP contribution in [-0.2, 0) is 23.9 Å². The third-order valence-corrected chi connectivity index (χ3v) is 5.56. The van der Waals surface area contributed by atoms with Crippen molar-refractivity contribution in [2.45, 2.75) is 57.5 Å². The maximum Gasteiger partial charge on any atom is 0.329 e. The second-order valence-electron chi connectivity index (χ2n) is 7.49. The van der Waals surface area contributed by atoms with Crippen molar-refractivity contribution >= 4 is 29.7 Å². The van der Waals surface area contributed by atoms with Crippen molar-refractivity contribution in [1.82, 2.24) is 15.5 Å². The van der Waals surface area contributed by atoms with Crippen molar-refractivity contribution in [2.75, 3.05) is 6.61 Å². The van der Waals surface area contributed by atoms with E-state index in [1.165, 1.54) is 6.92 Å². The Bertz CT molecular complexity index is 686. The highest BCUT2D eigenvalue weighted by Crippen LogP contribution is 2.36. The number of rotatable bonds is 5. The average molecular weight is 391 g/mol. The number of fused-ring (bicyclic) bond motifs is 1. The molecule has 2 fully saturated rings. The van der Waals surface area contributed by atoms with Crippen LogP contribution in [0.15, 0.2) is 12.2 Å². The van der Waals surface area contributed by atoms with E-state index in [4.69, 9.17) is 4.74 Å². The maximum absolute atomic E-state index is 12.5. The molecule has 152 valence electrons. The standard InChI is InChI=1S/C19H25N3O6/c1-11(22-16(24)13-8-4-5-9-14(13)17(22)25)18(26)28-10-15(23)21-19(27)20-12-6-2-3-7-12/h4-5,11-14H,2-3,6-10H2,1H3,(H2,20,21,23,27)/t11-,13-,14-/m0/s1. The van der Waals surface area contributed by atoms with Crippen molar-refractivity contribution in [2.24, 2.45) is 11.8 Å². The molecule has 2 N–H and O–H groups in total. The molecule has 28 heavy (non-hydrogen) atoms. The summed E-state index contributed by atoms with van der Waals surface area (Å²) in [6.45, 7) is 0.736. The van der Waals surface area contributed by atoms with Gasteiger partial charge in [0.05, 0.1) is 11.8 Å².